The van der Waals surface area contributed by atoms with E-state index in [4.69, 9.17) is 84.6 Å². The molecule has 98 heavy (non-hydrogen) atoms. The van der Waals surface area contributed by atoms with Gasteiger partial charge in [0.15, 0.2) is 53.0 Å². The van der Waals surface area contributed by atoms with Crippen LogP contribution in [0.15, 0.2) is 52.2 Å². The van der Waals surface area contributed by atoms with Crippen LogP contribution in [0.5, 0.6) is 0 Å². The maximum absolute atomic E-state index is 14.5. The predicted molar refractivity (Wildman–Crippen MR) is 308 cm³/mol. The Bertz CT molecular complexity index is 4790. The van der Waals surface area contributed by atoms with Crippen molar-refractivity contribution >= 4 is 112 Å². The van der Waals surface area contributed by atoms with Gasteiger partial charge in [-0.1, -0.05) is 16.8 Å². The Hall–Kier alpha value is -6.35. The molecule has 13 N–H and O–H groups in total. The first kappa shape index (κ1) is 71.5. The Morgan fingerprint density at radius 3 is 1.68 bits per heavy atom. The summed E-state index contributed by atoms with van der Waals surface area (Å²) in [7, 11) is -21.5. The van der Waals surface area contributed by atoms with E-state index in [-0.39, 0.29) is 56.6 Å². The summed E-state index contributed by atoms with van der Waals surface area (Å²) in [5.74, 6) is -1.12. The number of imidazole rings is 4. The highest BCUT2D eigenvalue weighted by Crippen LogP contribution is 2.63. The predicted octanol–water partition coefficient (Wildman–Crippen LogP) is -8.21. The van der Waals surface area contributed by atoms with Crippen molar-refractivity contribution in [2.45, 2.75) is 98.2 Å². The molecule has 21 atom stereocenters. The average Bonchev–Trinajstić information content (AvgIpc) is 1.63. The summed E-state index contributed by atoms with van der Waals surface area (Å²) in [5, 5.41) is 44.9. The van der Waals surface area contributed by atoms with Crippen LogP contribution in [0.1, 0.15) is 24.9 Å². The molecular formula is C43H52N19O30P5S-4. The van der Waals surface area contributed by atoms with Crippen molar-refractivity contribution in [3.8, 4) is 0 Å². The SMILES string of the molecule is COC1C(COP(=O)([O-])OP(=O)([O-])OP(=O)([O-])OCC2OC(n3cnc4cncnc43)C(OC)C2OP([O-])(=S)OCC2OC(n3cnc4c(=O)[nH]c(N)nc43)C(O)C2OP(=O)([O-])OCC2OC(n3cnc4c(=O)[nH]c(N)nc43)C(O)C2O)OC([n+]2cn(C)c3c(=O)[nH]c(N)nc32)C1O. The molecule has 21 unspecified atom stereocenters. The number of ether oxygens (including phenoxy) is 6. The molecule has 8 aromatic heterocycles. The fourth-order valence-corrected chi connectivity index (χ4v) is 16.9. The summed E-state index contributed by atoms with van der Waals surface area (Å²) >= 11 is 5.27. The molecule has 4 fully saturated rings. The molecule has 12 heterocycles. The third kappa shape index (κ3) is 14.3. The third-order valence-corrected chi connectivity index (χ3v) is 21.9. The Labute approximate surface area is 547 Å². The molecule has 0 aromatic carbocycles. The number of phosphoric ester groups is 3. The first-order chi connectivity index (χ1) is 46.1. The number of aliphatic hydroxyl groups excluding tert-OH is 4. The number of nitrogen functional groups attached to an aromatic ring is 3. The molecule has 49 nitrogen and oxygen atoms in total. The minimum Gasteiger partial charge on any atom is -0.780 e. The van der Waals surface area contributed by atoms with E-state index < -0.39 is 185 Å². The third-order valence-electron chi connectivity index (χ3n) is 15.3. The maximum Gasteiger partial charge on any atom is 0.313 e. The van der Waals surface area contributed by atoms with Crippen molar-refractivity contribution in [2.24, 2.45) is 7.05 Å². The smallest absolute Gasteiger partial charge is 0.313 e. The molecule has 55 heteroatoms. The zero-order valence-corrected chi connectivity index (χ0v) is 54.9. The van der Waals surface area contributed by atoms with Gasteiger partial charge in [0.1, 0.15) is 91.8 Å². The van der Waals surface area contributed by atoms with E-state index in [2.05, 4.69) is 63.4 Å². The van der Waals surface area contributed by atoms with Crippen LogP contribution in [-0.4, -0.2) is 207 Å². The first-order valence-corrected chi connectivity index (χ1v) is 36.2. The standard InChI is InChI=1S/C43H56N19O30P5S/c1-58-13-62(33-21(58)36(69)57-43(46)54-33)39-24(65)26(79-2)16(86-39)6-82-94(72,73)91-96(76,77)92-95(74,75)83-7-18-28(29(80-3)40(88-18)59-10-49-14-4-47-9-48-30(14)59)90-97(78,98)84-8-17-27(25(66)38(87-17)61-12-51-20-32(61)53-42(45)56-35(20)68)89-93(70,71)81-5-15-22(63)23(64)37(85-15)60-11-50-19-31(60)52-41(44)55-34(19)67/h4,9-13,15-18,22-29,37-40,63-66H,5-8H2,1-3H3,(H13-,44,45,46,52,53,54,55,56,57,67,68,69,70,71,72,73,74,75,76,77,78,98)/p-4. The van der Waals surface area contributed by atoms with Gasteiger partial charge in [0.2, 0.25) is 23.6 Å². The number of hydrogen-bond donors (Lipinski definition) is 10. The second kappa shape index (κ2) is 27.2. The van der Waals surface area contributed by atoms with E-state index in [1.807, 2.05) is 0 Å². The average molecular weight is 1500 g/mol. The number of aromatic nitrogens is 16. The van der Waals surface area contributed by atoms with Crippen molar-refractivity contribution in [3.05, 3.63) is 68.9 Å². The van der Waals surface area contributed by atoms with E-state index in [1.165, 1.54) is 33.3 Å². The number of aromatic amines is 3. The Balaban J connectivity index is 0.736. The van der Waals surface area contributed by atoms with Crippen molar-refractivity contribution in [3.63, 3.8) is 0 Å². The molecule has 0 radical (unpaired) electrons. The highest BCUT2D eigenvalue weighted by molar-refractivity contribution is 8.06. The molecule has 0 saturated carbocycles. The molecular weight excluding hydrogens is 1450 g/mol. The fraction of sp³-hybridized carbons (Fsp3) is 0.535. The van der Waals surface area contributed by atoms with Gasteiger partial charge >= 0.3 is 5.65 Å². The van der Waals surface area contributed by atoms with Crippen molar-refractivity contribution in [1.29, 1.82) is 0 Å². The number of nitrogens with two attached hydrogens (primary N) is 3. The van der Waals surface area contributed by atoms with Crippen molar-refractivity contribution < 1.29 is 132 Å². The molecule has 534 valence electrons. The summed E-state index contributed by atoms with van der Waals surface area (Å²) in [6, 6.07) is 0. The molecule has 0 bridgehead atoms. The molecule has 0 spiro atoms. The van der Waals surface area contributed by atoms with E-state index in [9.17, 15) is 77.5 Å². The van der Waals surface area contributed by atoms with Crippen LogP contribution in [0.25, 0.3) is 44.7 Å². The van der Waals surface area contributed by atoms with Crippen LogP contribution in [0, 0.1) is 0 Å². The lowest BCUT2D eigenvalue weighted by atomic mass is 10.1. The Kier molecular flexibility index (Phi) is 19.8. The minimum atomic E-state index is -6.64. The quantitative estimate of drug-likeness (QED) is 0.0178. The fourth-order valence-electron chi connectivity index (χ4n) is 11.1. The summed E-state index contributed by atoms with van der Waals surface area (Å²) in [6.07, 6.45) is -21.5. The summed E-state index contributed by atoms with van der Waals surface area (Å²) in [4.78, 5) is 144. The topological polar surface area (TPSA) is 697 Å². The zero-order chi connectivity index (χ0) is 70.5. The highest BCUT2D eigenvalue weighted by Gasteiger charge is 2.53. The highest BCUT2D eigenvalue weighted by atomic mass is 32.5. The molecule has 4 saturated heterocycles. The number of nitrogens with zero attached hydrogens (tertiary/aromatic N) is 13. The summed E-state index contributed by atoms with van der Waals surface area (Å²) in [5.41, 5.74) is 13.8. The van der Waals surface area contributed by atoms with E-state index in [0.717, 1.165) is 48.7 Å². The maximum atomic E-state index is 14.5. The van der Waals surface area contributed by atoms with Gasteiger partial charge < -0.3 is 118 Å². The van der Waals surface area contributed by atoms with Gasteiger partial charge in [0.25, 0.3) is 53.9 Å². The van der Waals surface area contributed by atoms with Crippen LogP contribution < -0.4 is 62.9 Å². The van der Waals surface area contributed by atoms with Crippen molar-refractivity contribution in [1.82, 2.24) is 73.1 Å². The van der Waals surface area contributed by atoms with Crippen molar-refractivity contribution in [2.75, 3.05) is 57.8 Å². The number of fused-ring (bicyclic) bond motifs is 4. The lowest BCUT2D eigenvalue weighted by molar-refractivity contribution is -0.745. The zero-order valence-electron chi connectivity index (χ0n) is 49.6. The monoisotopic (exact) mass is 1500 g/mol. The van der Waals surface area contributed by atoms with Gasteiger partial charge in [-0.15, -0.1) is 0 Å². The van der Waals surface area contributed by atoms with Gasteiger partial charge in [0, 0.05) is 14.2 Å². The Morgan fingerprint density at radius 1 is 0.571 bits per heavy atom. The second-order valence-corrected chi connectivity index (χ2v) is 30.1. The van der Waals surface area contributed by atoms with E-state index >= 15 is 0 Å². The normalized spacial score (nSPS) is 30.7. The number of nitrogens with one attached hydrogen (secondary N) is 3. The largest absolute Gasteiger partial charge is 0.780 e. The number of anilines is 3. The molecule has 0 aliphatic carbocycles. The van der Waals surface area contributed by atoms with Gasteiger partial charge in [-0.2, -0.15) is 9.97 Å². The van der Waals surface area contributed by atoms with E-state index in [1.54, 1.807) is 0 Å². The molecule has 4 aliphatic heterocycles. The summed E-state index contributed by atoms with van der Waals surface area (Å²) in [6.45, 7) is -10.1. The summed E-state index contributed by atoms with van der Waals surface area (Å²) < 4.78 is 133. The minimum absolute atomic E-state index is 0.0234. The van der Waals surface area contributed by atoms with Crippen LogP contribution in [0.3, 0.4) is 0 Å². The van der Waals surface area contributed by atoms with Crippen LogP contribution >= 0.6 is 38.0 Å². The molecule has 0 amide bonds. The van der Waals surface area contributed by atoms with Gasteiger partial charge in [-0.05, 0) is 0 Å². The van der Waals surface area contributed by atoms with Crippen LogP contribution in [-0.2, 0) is 101 Å². The van der Waals surface area contributed by atoms with E-state index in [0.29, 0.717) is 0 Å². The number of H-pyrrole nitrogens is 3. The Morgan fingerprint density at radius 2 is 1.07 bits per heavy atom. The lowest BCUT2D eigenvalue weighted by Gasteiger charge is -2.36. The van der Waals surface area contributed by atoms with Gasteiger partial charge in [0.05, 0.1) is 58.7 Å². The molecule has 12 rings (SSSR count). The number of aliphatic hydroxyl groups is 4. The lowest BCUT2D eigenvalue weighted by Crippen LogP contribution is -2.46. The van der Waals surface area contributed by atoms with Crippen LogP contribution in [0.2, 0.25) is 0 Å². The number of rotatable bonds is 26. The first-order valence-electron chi connectivity index (χ1n) is 27.8. The number of phosphoric acid groups is 4. The van der Waals surface area contributed by atoms with Gasteiger partial charge in [-0.3, -0.25) is 65.9 Å². The number of methoxy groups -OCH3 is 2. The molecule has 4 aliphatic rings. The van der Waals surface area contributed by atoms with Gasteiger partial charge in [-0.25, -0.2) is 38.1 Å². The van der Waals surface area contributed by atoms with Crippen LogP contribution in [0.4, 0.5) is 17.8 Å². The number of hydrogen-bond acceptors (Lipinski definition) is 42. The molecule has 8 aromatic rings. The number of aryl methyl sites for hydroxylation is 1. The second-order valence-electron chi connectivity index (χ2n) is 21.5.